The number of methoxy groups -OCH3 is 1. The molecule has 102 valence electrons. The van der Waals surface area contributed by atoms with E-state index < -0.39 is 11.8 Å². The maximum absolute atomic E-state index is 11.9. The van der Waals surface area contributed by atoms with Gasteiger partial charge in [0.1, 0.15) is 19.0 Å². The second-order valence-electron chi connectivity index (χ2n) is 3.75. The lowest BCUT2D eigenvalue weighted by Gasteiger charge is -2.20. The molecule has 1 aliphatic heterocycles. The number of hydrogen-bond donors (Lipinski definition) is 0. The van der Waals surface area contributed by atoms with Gasteiger partial charge in [0.05, 0.1) is 19.3 Å². The van der Waals surface area contributed by atoms with Crippen LogP contribution in [0.3, 0.4) is 0 Å². The molecule has 0 fully saturated rings. The van der Waals surface area contributed by atoms with Crippen molar-refractivity contribution in [1.29, 1.82) is 0 Å². The molecule has 2 rings (SSSR count). The lowest BCUT2D eigenvalue weighted by Crippen LogP contribution is -2.20. The number of esters is 1. The minimum Gasteiger partial charge on any atom is -0.496 e. The zero-order valence-corrected chi connectivity index (χ0v) is 10.7. The summed E-state index contributed by atoms with van der Waals surface area (Å²) in [6.07, 6.45) is 0. The number of hydrogen-bond acceptors (Lipinski definition) is 6. The SMILES string of the molecule is CCOC(=O)C(=O)c1cc2c(cc1OC)OCCO2. The molecule has 0 unspecified atom stereocenters. The lowest BCUT2D eigenvalue weighted by molar-refractivity contribution is -0.137. The van der Waals surface area contributed by atoms with Crippen molar-refractivity contribution in [3.63, 3.8) is 0 Å². The second kappa shape index (κ2) is 5.60. The monoisotopic (exact) mass is 266 g/mol. The van der Waals surface area contributed by atoms with Crippen LogP contribution in [0.5, 0.6) is 17.2 Å². The Morgan fingerprint density at radius 2 is 1.84 bits per heavy atom. The normalized spacial score (nSPS) is 12.7. The van der Waals surface area contributed by atoms with E-state index >= 15 is 0 Å². The summed E-state index contributed by atoms with van der Waals surface area (Å²) in [5, 5.41) is 0. The molecular formula is C13H14O6. The highest BCUT2D eigenvalue weighted by Crippen LogP contribution is 2.36. The Labute approximate surface area is 110 Å². The zero-order chi connectivity index (χ0) is 13.8. The second-order valence-corrected chi connectivity index (χ2v) is 3.75. The molecular weight excluding hydrogens is 252 g/mol. The van der Waals surface area contributed by atoms with Crippen LogP contribution >= 0.6 is 0 Å². The van der Waals surface area contributed by atoms with Gasteiger partial charge in [-0.05, 0) is 13.0 Å². The topological polar surface area (TPSA) is 71.1 Å². The van der Waals surface area contributed by atoms with Gasteiger partial charge in [-0.1, -0.05) is 0 Å². The van der Waals surface area contributed by atoms with E-state index in [4.69, 9.17) is 14.2 Å². The molecule has 0 spiro atoms. The van der Waals surface area contributed by atoms with E-state index in [1.54, 1.807) is 6.92 Å². The van der Waals surface area contributed by atoms with Gasteiger partial charge < -0.3 is 18.9 Å². The maximum atomic E-state index is 11.9. The van der Waals surface area contributed by atoms with Crippen molar-refractivity contribution in [3.05, 3.63) is 17.7 Å². The number of ketones is 1. The van der Waals surface area contributed by atoms with E-state index in [2.05, 4.69) is 4.74 Å². The van der Waals surface area contributed by atoms with E-state index in [1.807, 2.05) is 0 Å². The van der Waals surface area contributed by atoms with Gasteiger partial charge in [0.25, 0.3) is 5.78 Å². The average Bonchev–Trinajstić information content (AvgIpc) is 2.45. The highest BCUT2D eigenvalue weighted by atomic mass is 16.6. The average molecular weight is 266 g/mol. The number of benzene rings is 1. The lowest BCUT2D eigenvalue weighted by atomic mass is 10.1. The largest absolute Gasteiger partial charge is 0.496 e. The maximum Gasteiger partial charge on any atom is 0.379 e. The van der Waals surface area contributed by atoms with Crippen LogP contribution in [0.1, 0.15) is 17.3 Å². The minimum absolute atomic E-state index is 0.102. The third-order valence-corrected chi connectivity index (χ3v) is 2.57. The molecule has 0 aromatic heterocycles. The molecule has 0 saturated heterocycles. The fourth-order valence-corrected chi connectivity index (χ4v) is 1.72. The molecule has 0 aliphatic carbocycles. The predicted octanol–water partition coefficient (Wildman–Crippen LogP) is 1.21. The van der Waals surface area contributed by atoms with Crippen molar-refractivity contribution in [2.75, 3.05) is 26.9 Å². The Morgan fingerprint density at radius 3 is 2.42 bits per heavy atom. The van der Waals surface area contributed by atoms with Crippen LogP contribution in [0.25, 0.3) is 0 Å². The summed E-state index contributed by atoms with van der Waals surface area (Å²) >= 11 is 0. The van der Waals surface area contributed by atoms with Gasteiger partial charge in [0.15, 0.2) is 11.5 Å². The van der Waals surface area contributed by atoms with E-state index in [-0.39, 0.29) is 17.9 Å². The smallest absolute Gasteiger partial charge is 0.379 e. The van der Waals surface area contributed by atoms with Crippen molar-refractivity contribution in [3.8, 4) is 17.2 Å². The molecule has 0 bridgehead atoms. The Morgan fingerprint density at radius 1 is 1.21 bits per heavy atom. The fraction of sp³-hybridized carbons (Fsp3) is 0.385. The van der Waals surface area contributed by atoms with Crippen LogP contribution in [0.4, 0.5) is 0 Å². The van der Waals surface area contributed by atoms with Crippen LogP contribution < -0.4 is 14.2 Å². The molecule has 0 atom stereocenters. The highest BCUT2D eigenvalue weighted by molar-refractivity contribution is 6.41. The number of Topliss-reactive ketones (excluding diaryl/α,β-unsaturated/α-hetero) is 1. The standard InChI is InChI=1S/C13H14O6/c1-3-17-13(15)12(14)8-6-10-11(7-9(8)16-2)19-5-4-18-10/h6-7H,3-5H2,1-2H3. The van der Waals surface area contributed by atoms with Crippen LogP contribution in [0, 0.1) is 0 Å². The fourth-order valence-electron chi connectivity index (χ4n) is 1.72. The molecule has 1 aromatic carbocycles. The number of rotatable bonds is 4. The highest BCUT2D eigenvalue weighted by Gasteiger charge is 2.25. The first kappa shape index (κ1) is 13.2. The van der Waals surface area contributed by atoms with Crippen molar-refractivity contribution in [1.82, 2.24) is 0 Å². The molecule has 6 heteroatoms. The van der Waals surface area contributed by atoms with Gasteiger partial charge in [0, 0.05) is 6.07 Å². The molecule has 19 heavy (non-hydrogen) atoms. The van der Waals surface area contributed by atoms with Gasteiger partial charge in [-0.25, -0.2) is 4.79 Å². The molecule has 1 aromatic rings. The van der Waals surface area contributed by atoms with Gasteiger partial charge in [-0.3, -0.25) is 4.79 Å². The summed E-state index contributed by atoms with van der Waals surface area (Å²) < 4.78 is 20.5. The molecule has 0 amide bonds. The summed E-state index contributed by atoms with van der Waals surface area (Å²) in [5.74, 6) is -0.529. The Balaban J connectivity index is 2.38. The minimum atomic E-state index is -0.919. The van der Waals surface area contributed by atoms with Crippen LogP contribution in [-0.2, 0) is 9.53 Å². The molecule has 0 radical (unpaired) electrons. The number of carbonyl (C=O) groups is 2. The van der Waals surface area contributed by atoms with Gasteiger partial charge >= 0.3 is 5.97 Å². The zero-order valence-electron chi connectivity index (χ0n) is 10.7. The quantitative estimate of drug-likeness (QED) is 0.463. The third kappa shape index (κ3) is 2.62. The van der Waals surface area contributed by atoms with Crippen molar-refractivity contribution in [2.24, 2.45) is 0 Å². The Hall–Kier alpha value is -2.24. The summed E-state index contributed by atoms with van der Waals surface area (Å²) in [6.45, 7) is 2.59. The Bertz CT molecular complexity index is 508. The number of carbonyl (C=O) groups excluding carboxylic acids is 2. The molecule has 6 nitrogen and oxygen atoms in total. The molecule has 0 saturated carbocycles. The first-order valence-corrected chi connectivity index (χ1v) is 5.86. The number of ether oxygens (including phenoxy) is 4. The van der Waals surface area contributed by atoms with E-state index in [9.17, 15) is 9.59 Å². The number of fused-ring (bicyclic) bond motifs is 1. The van der Waals surface area contributed by atoms with Crippen LogP contribution in [0.2, 0.25) is 0 Å². The first-order chi connectivity index (χ1) is 9.17. The van der Waals surface area contributed by atoms with Gasteiger partial charge in [-0.15, -0.1) is 0 Å². The van der Waals surface area contributed by atoms with Crippen molar-refractivity contribution < 1.29 is 28.5 Å². The summed E-state index contributed by atoms with van der Waals surface area (Å²) in [4.78, 5) is 23.4. The van der Waals surface area contributed by atoms with Crippen LogP contribution in [0.15, 0.2) is 12.1 Å². The van der Waals surface area contributed by atoms with E-state index in [0.29, 0.717) is 24.7 Å². The molecule has 1 heterocycles. The third-order valence-electron chi connectivity index (χ3n) is 2.57. The van der Waals surface area contributed by atoms with Gasteiger partial charge in [-0.2, -0.15) is 0 Å². The summed E-state index contributed by atoms with van der Waals surface area (Å²) in [6, 6.07) is 2.97. The van der Waals surface area contributed by atoms with E-state index in [1.165, 1.54) is 19.2 Å². The van der Waals surface area contributed by atoms with Gasteiger partial charge in [0.2, 0.25) is 0 Å². The molecule has 1 aliphatic rings. The predicted molar refractivity (Wildman–Crippen MR) is 64.9 cm³/mol. The Kier molecular flexibility index (Phi) is 3.89. The van der Waals surface area contributed by atoms with Crippen LogP contribution in [-0.4, -0.2) is 38.7 Å². The van der Waals surface area contributed by atoms with E-state index in [0.717, 1.165) is 0 Å². The summed E-state index contributed by atoms with van der Waals surface area (Å²) in [5.41, 5.74) is 0.102. The van der Waals surface area contributed by atoms with Crippen molar-refractivity contribution >= 4 is 11.8 Å². The van der Waals surface area contributed by atoms with Crippen molar-refractivity contribution in [2.45, 2.75) is 6.92 Å². The summed E-state index contributed by atoms with van der Waals surface area (Å²) in [7, 11) is 1.41. The molecule has 0 N–H and O–H groups in total. The first-order valence-electron chi connectivity index (χ1n) is 5.86.